The summed E-state index contributed by atoms with van der Waals surface area (Å²) < 4.78 is 38.5. The zero-order valence-corrected chi connectivity index (χ0v) is 37.9. The molecule has 2 fully saturated rings. The van der Waals surface area contributed by atoms with Crippen molar-refractivity contribution in [1.82, 2.24) is 4.90 Å². The molecule has 344 valence electrons. The van der Waals surface area contributed by atoms with Gasteiger partial charge in [0, 0.05) is 60.3 Å². The average molecular weight is 897 g/mol. The maximum Gasteiger partial charge on any atom is 0.254 e. The van der Waals surface area contributed by atoms with Gasteiger partial charge in [0.1, 0.15) is 17.5 Å². The summed E-state index contributed by atoms with van der Waals surface area (Å²) in [7, 11) is 0. The summed E-state index contributed by atoms with van der Waals surface area (Å²) in [6.45, 7) is 8.20. The molecule has 1 amide bonds. The largest absolute Gasteiger partial charge is 0.493 e. The molecule has 64 heavy (non-hydrogen) atoms. The minimum absolute atomic E-state index is 0.0871. The van der Waals surface area contributed by atoms with Crippen LogP contribution in [0.2, 0.25) is 0 Å². The zero-order chi connectivity index (χ0) is 44.3. The molecule has 7 unspecified atom stereocenters. The molecule has 12 nitrogen and oxygen atoms in total. The number of rotatable bonds is 22. The van der Waals surface area contributed by atoms with Crippen LogP contribution in [0.25, 0.3) is 0 Å². The number of thioether (sulfide) groups is 1. The molecule has 13 heteroatoms. The number of ether oxygens (including phenoxy) is 6. The number of unbranched alkanes of at least 4 members (excludes halogenated alkanes) is 2. The molecule has 0 bridgehead atoms. The number of hydrogen-bond donors (Lipinski definition) is 2. The number of carbonyl (C=O) groups excluding carboxylic acids is 1. The molecule has 1 saturated heterocycles. The van der Waals surface area contributed by atoms with Crippen molar-refractivity contribution in [3.05, 3.63) is 102 Å². The molecular weight excluding hydrogens is 833 g/mol. The molecule has 1 saturated carbocycles. The fourth-order valence-corrected chi connectivity index (χ4v) is 11.1. The van der Waals surface area contributed by atoms with E-state index >= 15 is 4.79 Å². The number of hydrogen-bond acceptors (Lipinski definition) is 12. The van der Waals surface area contributed by atoms with Crippen molar-refractivity contribution in [2.45, 2.75) is 106 Å². The van der Waals surface area contributed by atoms with E-state index in [-0.39, 0.29) is 50.3 Å². The molecule has 5 aliphatic rings. The Morgan fingerprint density at radius 1 is 0.984 bits per heavy atom. The van der Waals surface area contributed by atoms with Crippen LogP contribution in [-0.4, -0.2) is 97.0 Å². The quantitative estimate of drug-likeness (QED) is 0.0432. The van der Waals surface area contributed by atoms with Crippen molar-refractivity contribution >= 4 is 23.4 Å². The van der Waals surface area contributed by atoms with Crippen LogP contribution < -0.4 is 18.9 Å². The first-order valence-corrected chi connectivity index (χ1v) is 24.3. The Bertz CT molecular complexity index is 2090. The van der Waals surface area contributed by atoms with Crippen molar-refractivity contribution < 1.29 is 48.3 Å². The highest BCUT2D eigenvalue weighted by atomic mass is 32.2. The first kappa shape index (κ1) is 46.0. The summed E-state index contributed by atoms with van der Waals surface area (Å²) >= 11 is 1.76. The first-order chi connectivity index (χ1) is 31.5. The van der Waals surface area contributed by atoms with E-state index in [2.05, 4.69) is 37.8 Å². The third-order valence-corrected chi connectivity index (χ3v) is 14.1. The molecule has 0 spiro atoms. The molecular formula is C51H64N2O10S. The normalized spacial score (nSPS) is 26.0. The lowest BCUT2D eigenvalue weighted by Crippen LogP contribution is -2.70. The standard InChI is InChI=1S/C51H64N2O10S/c1-3-23-53(50(56)36-19-21-44-45(31-36)60-34-59-44)46-33-42(52-63-47-18-10-13-27-58-47)40-30-35(14-8-11-24-54)39(17-9-12-25-55)48-41-32-37(57-28-29-64-38-15-6-5-7-16-38)20-22-43(41)62-51(46,49(40)48)61-26-4-2/h4-7,15-16,19-22,30-32,35,39,46-49,54-55H,2-3,8-14,17-18,23-29,33-34H2,1H3. The second-order valence-electron chi connectivity index (χ2n) is 17.3. The predicted molar refractivity (Wildman–Crippen MR) is 246 cm³/mol. The third-order valence-electron chi connectivity index (χ3n) is 13.1. The van der Waals surface area contributed by atoms with E-state index in [4.69, 9.17) is 38.4 Å². The summed E-state index contributed by atoms with van der Waals surface area (Å²) in [6.07, 6.45) is 12.0. The van der Waals surface area contributed by atoms with Gasteiger partial charge in [0.25, 0.3) is 5.91 Å². The van der Waals surface area contributed by atoms with Crippen LogP contribution in [0.1, 0.15) is 99.4 Å². The minimum Gasteiger partial charge on any atom is -0.493 e. The molecule has 3 aromatic rings. The van der Waals surface area contributed by atoms with Gasteiger partial charge in [-0.1, -0.05) is 55.3 Å². The van der Waals surface area contributed by atoms with Gasteiger partial charge in [-0.15, -0.1) is 18.3 Å². The van der Waals surface area contributed by atoms with Crippen LogP contribution in [0.5, 0.6) is 23.0 Å². The Morgan fingerprint density at radius 2 is 1.80 bits per heavy atom. The number of fused-ring (bicyclic) bond motifs is 3. The topological polar surface area (TPSA) is 138 Å². The highest BCUT2D eigenvalue weighted by Gasteiger charge is 2.65. The van der Waals surface area contributed by atoms with E-state index in [1.807, 2.05) is 35.2 Å². The number of allylic oxidation sites excluding steroid dienone is 1. The molecule has 3 aliphatic heterocycles. The van der Waals surface area contributed by atoms with Gasteiger partial charge in [-0.3, -0.25) is 4.79 Å². The van der Waals surface area contributed by atoms with E-state index < -0.39 is 24.0 Å². The van der Waals surface area contributed by atoms with Crippen LogP contribution in [0.4, 0.5) is 0 Å². The maximum atomic E-state index is 15.2. The van der Waals surface area contributed by atoms with Crippen molar-refractivity contribution in [2.75, 3.05) is 52.1 Å². The Morgan fingerprint density at radius 3 is 2.58 bits per heavy atom. The van der Waals surface area contributed by atoms with Crippen LogP contribution in [0.3, 0.4) is 0 Å². The Kier molecular flexibility index (Phi) is 15.9. The fraction of sp³-hybridized carbons (Fsp3) is 0.529. The van der Waals surface area contributed by atoms with Crippen molar-refractivity contribution in [3.8, 4) is 23.0 Å². The predicted octanol–water partition coefficient (Wildman–Crippen LogP) is 9.30. The lowest BCUT2D eigenvalue weighted by Gasteiger charge is -2.60. The van der Waals surface area contributed by atoms with Gasteiger partial charge in [0.2, 0.25) is 18.9 Å². The number of aliphatic hydroxyl groups is 2. The smallest absolute Gasteiger partial charge is 0.254 e. The van der Waals surface area contributed by atoms with Gasteiger partial charge in [0.05, 0.1) is 31.5 Å². The maximum absolute atomic E-state index is 15.2. The molecule has 8 rings (SSSR count). The molecule has 2 N–H and O–H groups in total. The minimum atomic E-state index is -1.38. The molecule has 7 atom stereocenters. The lowest BCUT2D eigenvalue weighted by molar-refractivity contribution is -0.254. The van der Waals surface area contributed by atoms with E-state index in [1.165, 1.54) is 4.90 Å². The van der Waals surface area contributed by atoms with E-state index in [9.17, 15) is 10.2 Å². The monoisotopic (exact) mass is 896 g/mol. The van der Waals surface area contributed by atoms with Crippen LogP contribution in [-0.2, 0) is 14.3 Å². The average Bonchev–Trinajstić information content (AvgIpc) is 3.81. The molecule has 0 aromatic heterocycles. The summed E-state index contributed by atoms with van der Waals surface area (Å²) in [5, 5.41) is 25.0. The molecule has 0 radical (unpaired) electrons. The van der Waals surface area contributed by atoms with E-state index in [0.717, 1.165) is 73.3 Å². The van der Waals surface area contributed by atoms with E-state index in [1.54, 1.807) is 36.0 Å². The number of carbonyl (C=O) groups is 1. The number of oxime groups is 1. The van der Waals surface area contributed by atoms with Gasteiger partial charge >= 0.3 is 0 Å². The Labute approximate surface area is 381 Å². The fourth-order valence-electron chi connectivity index (χ4n) is 10.3. The summed E-state index contributed by atoms with van der Waals surface area (Å²) in [4.78, 5) is 24.6. The van der Waals surface area contributed by atoms with Crippen molar-refractivity contribution in [1.29, 1.82) is 0 Å². The summed E-state index contributed by atoms with van der Waals surface area (Å²) in [5.74, 6) is 1.37. The highest BCUT2D eigenvalue weighted by molar-refractivity contribution is 7.99. The molecule has 2 aliphatic carbocycles. The third kappa shape index (κ3) is 10.1. The number of benzene rings is 3. The zero-order valence-electron chi connectivity index (χ0n) is 37.1. The SMILES string of the molecule is C=CCOC12Oc3ccc(OCCSc4ccccc4)cc3C3C(CCCCO)C(CCCCO)C=C(C(=NOC4CCCCO4)CC1N(CCC)C(=O)c1ccc4c(c1)OCO4)C32. The summed E-state index contributed by atoms with van der Waals surface area (Å²) in [6, 6.07) is 21.1. The highest BCUT2D eigenvalue weighted by Crippen LogP contribution is 2.62. The second-order valence-corrected chi connectivity index (χ2v) is 18.4. The second kappa shape index (κ2) is 22.1. The molecule has 3 heterocycles. The van der Waals surface area contributed by atoms with Crippen molar-refractivity contribution in [2.24, 2.45) is 22.9 Å². The van der Waals surface area contributed by atoms with Gasteiger partial charge in [0.15, 0.2) is 11.5 Å². The summed E-state index contributed by atoms with van der Waals surface area (Å²) in [5.41, 5.74) is 3.21. The van der Waals surface area contributed by atoms with E-state index in [0.29, 0.717) is 68.3 Å². The van der Waals surface area contributed by atoms with Crippen LogP contribution >= 0.6 is 11.8 Å². The Hall–Kier alpha value is -4.53. The molecule has 3 aromatic carbocycles. The first-order valence-electron chi connectivity index (χ1n) is 23.3. The van der Waals surface area contributed by atoms with Gasteiger partial charge in [-0.2, -0.15) is 0 Å². The number of aliphatic hydroxyl groups excluding tert-OH is 2. The van der Waals surface area contributed by atoms with Crippen molar-refractivity contribution in [3.63, 3.8) is 0 Å². The number of nitrogens with zero attached hydrogens (tertiary/aromatic N) is 2. The van der Waals surface area contributed by atoms with Gasteiger partial charge in [-0.25, -0.2) is 0 Å². The lowest BCUT2D eigenvalue weighted by atomic mass is 9.55. The van der Waals surface area contributed by atoms with Gasteiger partial charge < -0.3 is 48.4 Å². The Balaban J connectivity index is 1.27. The number of amides is 1. The van der Waals surface area contributed by atoms with Crippen LogP contribution in [0.15, 0.2) is 101 Å². The van der Waals surface area contributed by atoms with Crippen LogP contribution in [0, 0.1) is 17.8 Å². The van der Waals surface area contributed by atoms with Gasteiger partial charge in [-0.05, 0) is 111 Å².